The fraction of sp³-hybridized carbons (Fsp3) is 0.500. The topological polar surface area (TPSA) is 37.4 Å². The number of hydrogen-bond acceptors (Lipinski definition) is 2. The average molecular weight is 343 g/mol. The van der Waals surface area contributed by atoms with Gasteiger partial charge >= 0.3 is 0 Å². The maximum absolute atomic E-state index is 12.6. The van der Waals surface area contributed by atoms with E-state index in [1.165, 1.54) is 16.4 Å². The summed E-state index contributed by atoms with van der Waals surface area (Å²) in [4.78, 5) is 0.0253. The molecule has 1 aromatic carbocycles. The first-order chi connectivity index (χ1) is 8.85. The van der Waals surface area contributed by atoms with Crippen LogP contribution in [0.3, 0.4) is 0 Å². The highest BCUT2D eigenvalue weighted by atomic mass is 35.5. The highest BCUT2D eigenvalue weighted by Crippen LogP contribution is 2.37. The van der Waals surface area contributed by atoms with Gasteiger partial charge in [-0.1, -0.05) is 41.2 Å². The minimum absolute atomic E-state index is 0.00746. The Morgan fingerprint density at radius 2 is 1.84 bits per heavy atom. The molecule has 2 rings (SSSR count). The van der Waals surface area contributed by atoms with Gasteiger partial charge in [0.2, 0.25) is 10.0 Å². The summed E-state index contributed by atoms with van der Waals surface area (Å²) in [5, 5.41) is 0.318. The Kier molecular flexibility index (Phi) is 4.68. The summed E-state index contributed by atoms with van der Waals surface area (Å²) in [6, 6.07) is 2.84. The van der Waals surface area contributed by atoms with Crippen molar-refractivity contribution >= 4 is 44.8 Å². The normalized spacial score (nSPS) is 21.6. The summed E-state index contributed by atoms with van der Waals surface area (Å²) in [7, 11) is -3.62. The predicted molar refractivity (Wildman–Crippen MR) is 78.7 cm³/mol. The van der Waals surface area contributed by atoms with E-state index in [0.717, 1.165) is 19.3 Å². The van der Waals surface area contributed by atoms with Crippen molar-refractivity contribution in [2.24, 2.45) is 0 Å². The number of sulfonamides is 1. The Labute approximate surface area is 128 Å². The van der Waals surface area contributed by atoms with Gasteiger partial charge in [0, 0.05) is 12.6 Å². The standard InChI is InChI=1S/C12H14Cl3NO2S/c1-8-4-2-3-7-16(8)19(17,18)10-6-5-9(13)11(14)12(10)15/h5-6,8H,2-4,7H2,1H3. The molecule has 106 valence electrons. The molecule has 19 heavy (non-hydrogen) atoms. The van der Waals surface area contributed by atoms with Crippen molar-refractivity contribution in [3.63, 3.8) is 0 Å². The van der Waals surface area contributed by atoms with Crippen LogP contribution in [0.5, 0.6) is 0 Å². The third-order valence-electron chi connectivity index (χ3n) is 3.33. The van der Waals surface area contributed by atoms with Crippen LogP contribution in [0.2, 0.25) is 15.1 Å². The summed E-state index contributed by atoms with van der Waals surface area (Å²) in [6.45, 7) is 2.42. The minimum atomic E-state index is -3.62. The summed E-state index contributed by atoms with van der Waals surface area (Å²) in [6.07, 6.45) is 2.77. The lowest BCUT2D eigenvalue weighted by atomic mass is 10.1. The van der Waals surface area contributed by atoms with E-state index in [9.17, 15) is 8.42 Å². The zero-order valence-electron chi connectivity index (χ0n) is 10.4. The Bertz CT molecular complexity index is 589. The monoisotopic (exact) mass is 341 g/mol. The van der Waals surface area contributed by atoms with E-state index in [0.29, 0.717) is 6.54 Å². The van der Waals surface area contributed by atoms with Gasteiger partial charge < -0.3 is 0 Å². The third-order valence-corrected chi connectivity index (χ3v) is 6.79. The molecule has 1 atom stereocenters. The smallest absolute Gasteiger partial charge is 0.207 e. The van der Waals surface area contributed by atoms with Crippen molar-refractivity contribution in [2.45, 2.75) is 37.1 Å². The second-order valence-corrected chi connectivity index (χ2v) is 7.66. The van der Waals surface area contributed by atoms with Crippen LogP contribution in [0.25, 0.3) is 0 Å². The number of rotatable bonds is 2. The third kappa shape index (κ3) is 2.88. The zero-order chi connectivity index (χ0) is 14.2. The highest BCUT2D eigenvalue weighted by Gasteiger charge is 2.33. The van der Waals surface area contributed by atoms with E-state index in [2.05, 4.69) is 0 Å². The summed E-state index contributed by atoms with van der Waals surface area (Å²) >= 11 is 17.8. The van der Waals surface area contributed by atoms with Crippen molar-refractivity contribution in [1.29, 1.82) is 0 Å². The molecule has 1 unspecified atom stereocenters. The first-order valence-corrected chi connectivity index (χ1v) is 8.58. The molecule has 3 nitrogen and oxygen atoms in total. The van der Waals surface area contributed by atoms with Crippen LogP contribution >= 0.6 is 34.8 Å². The molecule has 1 saturated heterocycles. The summed E-state index contributed by atoms with van der Waals surface area (Å²) < 4.78 is 26.7. The number of piperidine rings is 1. The Balaban J connectivity index is 2.48. The van der Waals surface area contributed by atoms with Gasteiger partial charge in [-0.15, -0.1) is 0 Å². The van der Waals surface area contributed by atoms with Gasteiger partial charge in [0.05, 0.1) is 15.1 Å². The van der Waals surface area contributed by atoms with Crippen molar-refractivity contribution in [3.05, 3.63) is 27.2 Å². The Morgan fingerprint density at radius 3 is 2.47 bits per heavy atom. The van der Waals surface area contributed by atoms with E-state index in [-0.39, 0.29) is 26.0 Å². The molecule has 0 amide bonds. The fourth-order valence-corrected chi connectivity index (χ4v) is 4.92. The van der Waals surface area contributed by atoms with Crippen molar-refractivity contribution in [2.75, 3.05) is 6.54 Å². The Morgan fingerprint density at radius 1 is 1.16 bits per heavy atom. The SMILES string of the molecule is CC1CCCCN1S(=O)(=O)c1ccc(Cl)c(Cl)c1Cl. The molecule has 0 N–H and O–H groups in total. The second kappa shape index (κ2) is 5.78. The minimum Gasteiger partial charge on any atom is -0.207 e. The first-order valence-electron chi connectivity index (χ1n) is 6.01. The molecule has 1 aromatic rings. The lowest BCUT2D eigenvalue weighted by Crippen LogP contribution is -2.42. The van der Waals surface area contributed by atoms with Gasteiger partial charge in [0.25, 0.3) is 0 Å². The van der Waals surface area contributed by atoms with E-state index in [4.69, 9.17) is 34.8 Å². The van der Waals surface area contributed by atoms with Crippen LogP contribution in [-0.4, -0.2) is 25.3 Å². The van der Waals surface area contributed by atoms with Crippen LogP contribution in [-0.2, 0) is 10.0 Å². The molecule has 7 heteroatoms. The largest absolute Gasteiger partial charge is 0.244 e. The molecule has 0 aromatic heterocycles. The van der Waals surface area contributed by atoms with E-state index in [1.54, 1.807) is 0 Å². The van der Waals surface area contributed by atoms with Gasteiger partial charge in [-0.2, -0.15) is 4.31 Å². The quantitative estimate of drug-likeness (QED) is 0.755. The molecule has 1 aliphatic heterocycles. The van der Waals surface area contributed by atoms with Crippen LogP contribution in [0.1, 0.15) is 26.2 Å². The number of halogens is 3. The molecule has 0 radical (unpaired) electrons. The van der Waals surface area contributed by atoms with Gasteiger partial charge in [-0.25, -0.2) is 8.42 Å². The van der Waals surface area contributed by atoms with Crippen LogP contribution in [0.15, 0.2) is 17.0 Å². The van der Waals surface area contributed by atoms with Crippen molar-refractivity contribution in [1.82, 2.24) is 4.31 Å². The van der Waals surface area contributed by atoms with Gasteiger partial charge in [-0.3, -0.25) is 0 Å². The maximum Gasteiger partial charge on any atom is 0.244 e. The lowest BCUT2D eigenvalue weighted by Gasteiger charge is -2.32. The highest BCUT2D eigenvalue weighted by molar-refractivity contribution is 7.89. The average Bonchev–Trinajstić information content (AvgIpc) is 2.36. The second-order valence-electron chi connectivity index (χ2n) is 4.63. The molecule has 1 aliphatic rings. The molecular weight excluding hydrogens is 329 g/mol. The Hall–Kier alpha value is -0.000000000000000167. The van der Waals surface area contributed by atoms with E-state index < -0.39 is 10.0 Å². The van der Waals surface area contributed by atoms with E-state index in [1.807, 2.05) is 6.92 Å². The maximum atomic E-state index is 12.6. The molecule has 0 spiro atoms. The predicted octanol–water partition coefficient (Wildman–Crippen LogP) is 4.21. The first kappa shape index (κ1) is 15.4. The molecule has 1 heterocycles. The van der Waals surface area contributed by atoms with Crippen LogP contribution in [0.4, 0.5) is 0 Å². The number of hydrogen-bond donors (Lipinski definition) is 0. The van der Waals surface area contributed by atoms with Crippen LogP contribution in [0, 0.1) is 0 Å². The fourth-order valence-electron chi connectivity index (χ4n) is 2.26. The summed E-state index contributed by atoms with van der Waals surface area (Å²) in [5.41, 5.74) is 0. The van der Waals surface area contributed by atoms with Crippen molar-refractivity contribution < 1.29 is 8.42 Å². The summed E-state index contributed by atoms with van der Waals surface area (Å²) in [5.74, 6) is 0. The van der Waals surface area contributed by atoms with E-state index >= 15 is 0 Å². The number of benzene rings is 1. The van der Waals surface area contributed by atoms with Gasteiger partial charge in [0.1, 0.15) is 4.90 Å². The zero-order valence-corrected chi connectivity index (χ0v) is 13.5. The molecular formula is C12H14Cl3NO2S. The van der Waals surface area contributed by atoms with Gasteiger partial charge in [0.15, 0.2) is 0 Å². The molecule has 0 bridgehead atoms. The molecule has 1 fully saturated rings. The molecule has 0 aliphatic carbocycles. The van der Waals surface area contributed by atoms with Gasteiger partial charge in [-0.05, 0) is 31.9 Å². The number of nitrogens with zero attached hydrogens (tertiary/aromatic N) is 1. The molecule has 0 saturated carbocycles. The lowest BCUT2D eigenvalue weighted by molar-refractivity contribution is 0.268. The van der Waals surface area contributed by atoms with Crippen molar-refractivity contribution in [3.8, 4) is 0 Å². The van der Waals surface area contributed by atoms with Crippen LogP contribution < -0.4 is 0 Å².